The molecular formula is C23H20. The minimum absolute atomic E-state index is 1.11. The molecule has 0 spiro atoms. The van der Waals surface area contributed by atoms with E-state index in [1.807, 2.05) is 0 Å². The lowest BCUT2D eigenvalue weighted by molar-refractivity contribution is 0.912. The van der Waals surface area contributed by atoms with Gasteiger partial charge in [-0.05, 0) is 76.8 Å². The highest BCUT2D eigenvalue weighted by Gasteiger charge is 2.24. The van der Waals surface area contributed by atoms with Gasteiger partial charge in [-0.25, -0.2) is 0 Å². The molecule has 0 heteroatoms. The maximum Gasteiger partial charge on any atom is -0.00543 e. The monoisotopic (exact) mass is 296 g/mol. The maximum atomic E-state index is 2.46. The Balaban J connectivity index is 1.88. The number of rotatable bonds is 1. The van der Waals surface area contributed by atoms with Crippen LogP contribution in [0.2, 0.25) is 0 Å². The predicted molar refractivity (Wildman–Crippen MR) is 98.8 cm³/mol. The van der Waals surface area contributed by atoms with Gasteiger partial charge in [-0.15, -0.1) is 0 Å². The number of benzene rings is 3. The van der Waals surface area contributed by atoms with E-state index in [9.17, 15) is 0 Å². The molecule has 0 radical (unpaired) electrons. The molecule has 3 aromatic carbocycles. The first kappa shape index (κ1) is 13.1. The van der Waals surface area contributed by atoms with Crippen LogP contribution in [0, 0.1) is 0 Å². The average Bonchev–Trinajstić information content (AvgIpc) is 3.17. The van der Waals surface area contributed by atoms with Crippen LogP contribution in [-0.4, -0.2) is 0 Å². The van der Waals surface area contributed by atoms with E-state index in [-0.39, 0.29) is 0 Å². The molecule has 5 rings (SSSR count). The average molecular weight is 296 g/mol. The van der Waals surface area contributed by atoms with Crippen LogP contribution in [0.4, 0.5) is 0 Å². The molecule has 112 valence electrons. The largest absolute Gasteiger partial charge is 0.0683 e. The lowest BCUT2D eigenvalue weighted by Crippen LogP contribution is -1.98. The fraction of sp³-hybridized carbons (Fsp3) is 0.217. The van der Waals surface area contributed by atoms with Crippen molar-refractivity contribution in [3.05, 3.63) is 76.4 Å². The van der Waals surface area contributed by atoms with Crippen LogP contribution in [-0.2, 0) is 19.3 Å². The lowest BCUT2D eigenvalue weighted by Gasteiger charge is -2.17. The first-order chi connectivity index (χ1) is 11.3. The second-order valence-corrected chi connectivity index (χ2v) is 7.00. The molecule has 0 heterocycles. The van der Waals surface area contributed by atoms with Crippen molar-refractivity contribution in [1.29, 1.82) is 0 Å². The number of allylic oxidation sites excluding steroid dienone is 1. The molecular weight excluding hydrogens is 276 g/mol. The minimum atomic E-state index is 1.11. The Morgan fingerprint density at radius 1 is 0.870 bits per heavy atom. The Morgan fingerprint density at radius 3 is 2.70 bits per heavy atom. The summed E-state index contributed by atoms with van der Waals surface area (Å²) >= 11 is 0. The summed E-state index contributed by atoms with van der Waals surface area (Å²) in [4.78, 5) is 0. The molecule has 0 saturated heterocycles. The zero-order valence-electron chi connectivity index (χ0n) is 13.5. The van der Waals surface area contributed by atoms with Gasteiger partial charge in [0.2, 0.25) is 0 Å². The maximum absolute atomic E-state index is 2.46. The van der Waals surface area contributed by atoms with Crippen molar-refractivity contribution in [2.45, 2.75) is 32.6 Å². The topological polar surface area (TPSA) is 0 Å². The van der Waals surface area contributed by atoms with Crippen molar-refractivity contribution in [3.63, 3.8) is 0 Å². The van der Waals surface area contributed by atoms with Gasteiger partial charge < -0.3 is 0 Å². The molecule has 0 unspecified atom stereocenters. The van der Waals surface area contributed by atoms with Crippen LogP contribution in [0.25, 0.3) is 28.0 Å². The summed E-state index contributed by atoms with van der Waals surface area (Å²) in [6.07, 6.45) is 7.29. The second kappa shape index (κ2) is 4.83. The van der Waals surface area contributed by atoms with Gasteiger partial charge in [-0.1, -0.05) is 60.2 Å². The third-order valence-corrected chi connectivity index (χ3v) is 5.46. The van der Waals surface area contributed by atoms with E-state index in [2.05, 4.69) is 61.5 Å². The van der Waals surface area contributed by atoms with Gasteiger partial charge in [0.15, 0.2) is 0 Å². The summed E-state index contributed by atoms with van der Waals surface area (Å²) in [7, 11) is 0. The van der Waals surface area contributed by atoms with Gasteiger partial charge in [0.25, 0.3) is 0 Å². The molecule has 0 fully saturated rings. The zero-order chi connectivity index (χ0) is 15.4. The van der Waals surface area contributed by atoms with Gasteiger partial charge >= 0.3 is 0 Å². The summed E-state index contributed by atoms with van der Waals surface area (Å²) in [6.45, 7) is 2.26. The van der Waals surface area contributed by atoms with Crippen molar-refractivity contribution in [2.24, 2.45) is 0 Å². The SMILES string of the molecule is CC1=Cc2cc3c(c(-c4cccc5ccccc45)c2C1)CCC3. The number of aryl methyl sites for hydroxylation is 1. The number of fused-ring (bicyclic) bond motifs is 3. The van der Waals surface area contributed by atoms with E-state index in [4.69, 9.17) is 0 Å². The second-order valence-electron chi connectivity index (χ2n) is 7.00. The highest BCUT2D eigenvalue weighted by atomic mass is 14.3. The Bertz CT molecular complexity index is 967. The molecule has 0 amide bonds. The third kappa shape index (κ3) is 1.91. The zero-order valence-corrected chi connectivity index (χ0v) is 13.5. The summed E-state index contributed by atoms with van der Waals surface area (Å²) in [5.74, 6) is 0. The van der Waals surface area contributed by atoms with Crippen molar-refractivity contribution < 1.29 is 0 Å². The molecule has 0 aliphatic heterocycles. The molecule has 0 atom stereocenters. The van der Waals surface area contributed by atoms with Gasteiger partial charge in [-0.3, -0.25) is 0 Å². The summed E-state index contributed by atoms with van der Waals surface area (Å²) in [6, 6.07) is 18.0. The molecule has 0 N–H and O–H groups in total. The fourth-order valence-corrected chi connectivity index (χ4v) is 4.50. The van der Waals surface area contributed by atoms with Crippen LogP contribution in [0.3, 0.4) is 0 Å². The summed E-state index contributed by atoms with van der Waals surface area (Å²) in [5.41, 5.74) is 10.7. The highest BCUT2D eigenvalue weighted by Crippen LogP contribution is 2.43. The van der Waals surface area contributed by atoms with Crippen LogP contribution < -0.4 is 0 Å². The number of hydrogen-bond acceptors (Lipinski definition) is 0. The molecule has 2 aliphatic rings. The van der Waals surface area contributed by atoms with Crippen molar-refractivity contribution in [2.75, 3.05) is 0 Å². The van der Waals surface area contributed by atoms with Crippen LogP contribution in [0.1, 0.15) is 35.6 Å². The van der Waals surface area contributed by atoms with E-state index < -0.39 is 0 Å². The van der Waals surface area contributed by atoms with Crippen LogP contribution >= 0.6 is 0 Å². The van der Waals surface area contributed by atoms with E-state index in [1.165, 1.54) is 46.7 Å². The smallest absolute Gasteiger partial charge is 0.00543 e. The summed E-state index contributed by atoms with van der Waals surface area (Å²) < 4.78 is 0. The molecule has 0 bridgehead atoms. The lowest BCUT2D eigenvalue weighted by atomic mass is 9.87. The molecule has 0 aromatic heterocycles. The Labute approximate surface area is 137 Å². The van der Waals surface area contributed by atoms with Crippen LogP contribution in [0.5, 0.6) is 0 Å². The van der Waals surface area contributed by atoms with E-state index in [1.54, 1.807) is 22.3 Å². The van der Waals surface area contributed by atoms with Crippen molar-refractivity contribution >= 4 is 16.8 Å². The highest BCUT2D eigenvalue weighted by molar-refractivity contribution is 5.99. The number of hydrogen-bond donors (Lipinski definition) is 0. The first-order valence-electron chi connectivity index (χ1n) is 8.64. The molecule has 3 aromatic rings. The van der Waals surface area contributed by atoms with Crippen molar-refractivity contribution in [3.8, 4) is 11.1 Å². The normalized spacial score (nSPS) is 15.6. The minimum Gasteiger partial charge on any atom is -0.0683 e. The van der Waals surface area contributed by atoms with Gasteiger partial charge in [0, 0.05) is 0 Å². The third-order valence-electron chi connectivity index (χ3n) is 5.46. The fourth-order valence-electron chi connectivity index (χ4n) is 4.50. The Hall–Kier alpha value is -2.34. The van der Waals surface area contributed by atoms with Gasteiger partial charge in [0.05, 0.1) is 0 Å². The van der Waals surface area contributed by atoms with Crippen molar-refractivity contribution in [1.82, 2.24) is 0 Å². The summed E-state index contributed by atoms with van der Waals surface area (Å²) in [5, 5.41) is 2.74. The van der Waals surface area contributed by atoms with E-state index in [0.29, 0.717) is 0 Å². The van der Waals surface area contributed by atoms with Gasteiger partial charge in [-0.2, -0.15) is 0 Å². The molecule has 23 heavy (non-hydrogen) atoms. The first-order valence-corrected chi connectivity index (χ1v) is 8.64. The van der Waals surface area contributed by atoms with E-state index in [0.717, 1.165) is 6.42 Å². The molecule has 0 nitrogen and oxygen atoms in total. The Morgan fingerprint density at radius 2 is 1.74 bits per heavy atom. The van der Waals surface area contributed by atoms with E-state index >= 15 is 0 Å². The predicted octanol–water partition coefficient (Wildman–Crippen LogP) is 5.95. The van der Waals surface area contributed by atoms with Gasteiger partial charge in [0.1, 0.15) is 0 Å². The quantitative estimate of drug-likeness (QED) is 0.520. The Kier molecular flexibility index (Phi) is 2.76. The molecule has 2 aliphatic carbocycles. The molecule has 0 saturated carbocycles. The standard InChI is InChI=1S/C23H20/c1-15-12-18-14-17-8-5-10-20(17)23(22(18)13-15)21-11-4-7-16-6-2-3-9-19(16)21/h2-4,6-7,9,11-12,14H,5,8,10,13H2,1H3. The van der Waals surface area contributed by atoms with Crippen LogP contribution in [0.15, 0.2) is 54.1 Å².